The van der Waals surface area contributed by atoms with Crippen LogP contribution in [-0.4, -0.2) is 31.4 Å². The topological polar surface area (TPSA) is 106 Å². The number of aromatic amines is 1. The number of nitrogens with zero attached hydrogens (tertiary/aromatic N) is 3. The first-order chi connectivity index (χ1) is 15.6. The Bertz CT molecular complexity index is 1440. The average Bonchev–Trinajstić information content (AvgIpc) is 3.43. The molecule has 3 heterocycles. The fourth-order valence-corrected chi connectivity index (χ4v) is 4.10. The van der Waals surface area contributed by atoms with Gasteiger partial charge in [-0.25, -0.2) is 9.67 Å². The summed E-state index contributed by atoms with van der Waals surface area (Å²) in [4.78, 5) is 32.2. The van der Waals surface area contributed by atoms with Crippen molar-refractivity contribution in [3.8, 4) is 5.69 Å². The summed E-state index contributed by atoms with van der Waals surface area (Å²) in [5, 5.41) is 8.94. The third kappa shape index (κ3) is 3.90. The zero-order valence-electron chi connectivity index (χ0n) is 17.1. The number of para-hydroxylation sites is 2. The fourth-order valence-electron chi connectivity index (χ4n) is 3.43. The number of H-pyrrole nitrogens is 1. The molecule has 3 aromatic heterocycles. The van der Waals surface area contributed by atoms with Crippen molar-refractivity contribution in [3.63, 3.8) is 0 Å². The lowest BCUT2D eigenvalue weighted by atomic mass is 10.2. The summed E-state index contributed by atoms with van der Waals surface area (Å²) in [6.45, 7) is 1.87. The predicted octanol–water partition coefficient (Wildman–Crippen LogP) is 3.82. The van der Waals surface area contributed by atoms with Gasteiger partial charge in [-0.2, -0.15) is 5.10 Å². The van der Waals surface area contributed by atoms with Crippen LogP contribution in [0.1, 0.15) is 18.7 Å². The number of hydrogen-bond acceptors (Lipinski definition) is 6. The first-order valence-electron chi connectivity index (χ1n) is 10.0. The van der Waals surface area contributed by atoms with E-state index in [0.717, 1.165) is 28.4 Å². The predicted molar refractivity (Wildman–Crippen MR) is 123 cm³/mol. The maximum Gasteiger partial charge on any atom is 0.262 e. The van der Waals surface area contributed by atoms with Gasteiger partial charge in [0.15, 0.2) is 10.8 Å². The van der Waals surface area contributed by atoms with E-state index in [9.17, 15) is 9.59 Å². The fraction of sp³-hybridized carbons (Fsp3) is 0.130. The lowest BCUT2D eigenvalue weighted by Gasteiger charge is -2.11. The van der Waals surface area contributed by atoms with E-state index in [0.29, 0.717) is 22.0 Å². The van der Waals surface area contributed by atoms with Gasteiger partial charge in [0.2, 0.25) is 5.91 Å². The van der Waals surface area contributed by atoms with Gasteiger partial charge < -0.3 is 14.7 Å². The van der Waals surface area contributed by atoms with Gasteiger partial charge in [-0.3, -0.25) is 9.59 Å². The summed E-state index contributed by atoms with van der Waals surface area (Å²) < 4.78 is 7.42. The SMILES string of the molecule is C[C@@H](NC(=O)CSc1nc2c(cnn2-c2ccccc2)c(=O)[nH]1)c1cc2ccccc2o1. The normalized spacial score (nSPS) is 12.3. The third-order valence-electron chi connectivity index (χ3n) is 5.01. The number of fused-ring (bicyclic) bond motifs is 2. The second kappa shape index (κ2) is 8.35. The molecule has 2 aromatic carbocycles. The number of carbonyl (C=O) groups is 1. The number of hydrogen-bond donors (Lipinski definition) is 2. The molecule has 0 unspecified atom stereocenters. The van der Waals surface area contributed by atoms with Crippen LogP contribution in [0.2, 0.25) is 0 Å². The highest BCUT2D eigenvalue weighted by Crippen LogP contribution is 2.24. The molecule has 5 aromatic rings. The van der Waals surface area contributed by atoms with Crippen molar-refractivity contribution < 1.29 is 9.21 Å². The first kappa shape index (κ1) is 20.1. The number of amides is 1. The van der Waals surface area contributed by atoms with Crippen molar-refractivity contribution in [3.05, 3.63) is 83.0 Å². The smallest absolute Gasteiger partial charge is 0.262 e. The number of benzene rings is 2. The minimum atomic E-state index is -0.296. The molecule has 0 bridgehead atoms. The molecule has 0 aliphatic rings. The Hall–Kier alpha value is -3.85. The molecule has 1 amide bonds. The number of thioether (sulfide) groups is 1. The van der Waals surface area contributed by atoms with Crippen LogP contribution in [0.25, 0.3) is 27.7 Å². The van der Waals surface area contributed by atoms with Crippen LogP contribution in [0.3, 0.4) is 0 Å². The highest BCUT2D eigenvalue weighted by atomic mass is 32.2. The average molecular weight is 446 g/mol. The van der Waals surface area contributed by atoms with E-state index in [1.165, 1.54) is 6.20 Å². The van der Waals surface area contributed by atoms with Gasteiger partial charge in [-0.1, -0.05) is 48.2 Å². The van der Waals surface area contributed by atoms with Crippen LogP contribution in [-0.2, 0) is 4.79 Å². The number of furan rings is 1. The Balaban J connectivity index is 1.30. The third-order valence-corrected chi connectivity index (χ3v) is 5.88. The van der Waals surface area contributed by atoms with Gasteiger partial charge in [-0.05, 0) is 31.2 Å². The van der Waals surface area contributed by atoms with E-state index < -0.39 is 0 Å². The largest absolute Gasteiger partial charge is 0.459 e. The summed E-state index contributed by atoms with van der Waals surface area (Å²) in [7, 11) is 0. The first-order valence-corrected chi connectivity index (χ1v) is 11.0. The van der Waals surface area contributed by atoms with E-state index in [-0.39, 0.29) is 23.3 Å². The minimum Gasteiger partial charge on any atom is -0.459 e. The van der Waals surface area contributed by atoms with Gasteiger partial charge in [0.25, 0.3) is 5.56 Å². The van der Waals surface area contributed by atoms with Crippen molar-refractivity contribution in [1.29, 1.82) is 0 Å². The van der Waals surface area contributed by atoms with Gasteiger partial charge in [-0.15, -0.1) is 0 Å². The minimum absolute atomic E-state index is 0.0957. The second-order valence-electron chi connectivity index (χ2n) is 7.26. The van der Waals surface area contributed by atoms with Crippen LogP contribution < -0.4 is 10.9 Å². The zero-order valence-corrected chi connectivity index (χ0v) is 17.9. The van der Waals surface area contributed by atoms with Crippen LogP contribution >= 0.6 is 11.8 Å². The molecule has 160 valence electrons. The number of nitrogens with one attached hydrogen (secondary N) is 2. The number of aromatic nitrogens is 4. The molecule has 5 rings (SSSR count). The molecule has 0 fully saturated rings. The summed E-state index contributed by atoms with van der Waals surface area (Å²) in [5.74, 6) is 0.588. The van der Waals surface area contributed by atoms with E-state index in [1.807, 2.05) is 67.6 Å². The molecular formula is C23H19N5O3S. The van der Waals surface area contributed by atoms with Gasteiger partial charge >= 0.3 is 0 Å². The molecule has 0 saturated heterocycles. The highest BCUT2D eigenvalue weighted by molar-refractivity contribution is 7.99. The van der Waals surface area contributed by atoms with E-state index in [4.69, 9.17) is 4.42 Å². The molecule has 32 heavy (non-hydrogen) atoms. The molecule has 1 atom stereocenters. The Kier molecular flexibility index (Phi) is 5.24. The zero-order chi connectivity index (χ0) is 22.1. The van der Waals surface area contributed by atoms with Crippen LogP contribution in [0.4, 0.5) is 0 Å². The monoisotopic (exact) mass is 445 g/mol. The van der Waals surface area contributed by atoms with Crippen molar-refractivity contribution >= 4 is 39.7 Å². The lowest BCUT2D eigenvalue weighted by molar-refractivity contribution is -0.119. The second-order valence-corrected chi connectivity index (χ2v) is 8.23. The van der Waals surface area contributed by atoms with Crippen LogP contribution in [0.5, 0.6) is 0 Å². The van der Waals surface area contributed by atoms with Crippen LogP contribution in [0.15, 0.2) is 81.2 Å². The van der Waals surface area contributed by atoms with Crippen molar-refractivity contribution in [2.45, 2.75) is 18.1 Å². The highest BCUT2D eigenvalue weighted by Gasteiger charge is 2.16. The van der Waals surface area contributed by atoms with Gasteiger partial charge in [0.1, 0.15) is 16.7 Å². The summed E-state index contributed by atoms with van der Waals surface area (Å²) >= 11 is 1.16. The Labute approximate surface area is 186 Å². The maximum absolute atomic E-state index is 12.5. The standard InChI is InChI=1S/C23H19N5O3S/c1-14(19-11-15-7-5-6-10-18(15)31-19)25-20(29)13-32-23-26-21-17(22(30)27-23)12-24-28(21)16-8-3-2-4-9-16/h2-12,14H,13H2,1H3,(H,25,29)(H,26,27,30)/t14-/m1/s1. The Morgan fingerprint density at radius 1 is 1.19 bits per heavy atom. The number of rotatable bonds is 6. The van der Waals surface area contributed by atoms with Gasteiger partial charge in [0.05, 0.1) is 23.7 Å². The van der Waals surface area contributed by atoms with Crippen molar-refractivity contribution in [1.82, 2.24) is 25.1 Å². The van der Waals surface area contributed by atoms with Crippen molar-refractivity contribution in [2.24, 2.45) is 0 Å². The molecule has 9 heteroatoms. The maximum atomic E-state index is 12.5. The molecule has 8 nitrogen and oxygen atoms in total. The Morgan fingerprint density at radius 2 is 1.97 bits per heavy atom. The quantitative estimate of drug-likeness (QED) is 0.304. The molecular weight excluding hydrogens is 426 g/mol. The summed E-state index contributed by atoms with van der Waals surface area (Å²) in [5.41, 5.74) is 1.73. The van der Waals surface area contributed by atoms with E-state index >= 15 is 0 Å². The van der Waals surface area contributed by atoms with Crippen molar-refractivity contribution in [2.75, 3.05) is 5.75 Å². The van der Waals surface area contributed by atoms with E-state index in [1.54, 1.807) is 4.68 Å². The molecule has 0 saturated carbocycles. The molecule has 0 aliphatic carbocycles. The van der Waals surface area contributed by atoms with Crippen LogP contribution in [0, 0.1) is 0 Å². The summed E-state index contributed by atoms with van der Waals surface area (Å²) in [6, 6.07) is 18.8. The molecule has 2 N–H and O–H groups in total. The summed E-state index contributed by atoms with van der Waals surface area (Å²) in [6.07, 6.45) is 1.49. The molecule has 0 spiro atoms. The molecule has 0 aliphatic heterocycles. The van der Waals surface area contributed by atoms with Gasteiger partial charge in [0, 0.05) is 5.39 Å². The lowest BCUT2D eigenvalue weighted by Crippen LogP contribution is -2.28. The Morgan fingerprint density at radius 3 is 2.78 bits per heavy atom. The number of carbonyl (C=O) groups excluding carboxylic acids is 1. The molecule has 0 radical (unpaired) electrons. The van der Waals surface area contributed by atoms with E-state index in [2.05, 4.69) is 20.4 Å².